The number of nitrogens with two attached hydrogens (primary N) is 1. The van der Waals surface area contributed by atoms with E-state index in [1.165, 1.54) is 24.0 Å². The van der Waals surface area contributed by atoms with Crippen LogP contribution in [-0.2, 0) is 24.1 Å². The first-order valence-electron chi connectivity index (χ1n) is 10.5. The van der Waals surface area contributed by atoms with Crippen LogP contribution in [0.4, 0.5) is 5.82 Å². The van der Waals surface area contributed by atoms with Crippen LogP contribution in [0.1, 0.15) is 35.2 Å². The van der Waals surface area contributed by atoms with E-state index in [0.29, 0.717) is 42.2 Å². The number of para-hydroxylation sites is 1. The molecule has 1 aliphatic rings. The fourth-order valence-corrected chi connectivity index (χ4v) is 4.65. The Morgan fingerprint density at radius 2 is 2.00 bits per heavy atom. The van der Waals surface area contributed by atoms with Gasteiger partial charge in [0.1, 0.15) is 17.5 Å². The van der Waals surface area contributed by atoms with Crippen molar-refractivity contribution in [2.75, 3.05) is 18.0 Å². The van der Waals surface area contributed by atoms with Gasteiger partial charge in [-0.15, -0.1) is 11.8 Å². The zero-order valence-electron chi connectivity index (χ0n) is 17.3. The number of rotatable bonds is 8. The van der Waals surface area contributed by atoms with Crippen LogP contribution in [0.3, 0.4) is 0 Å². The van der Waals surface area contributed by atoms with Gasteiger partial charge in [0.15, 0.2) is 0 Å². The van der Waals surface area contributed by atoms with Crippen LogP contribution in [0, 0.1) is 11.3 Å². The van der Waals surface area contributed by atoms with Crippen molar-refractivity contribution < 1.29 is 4.79 Å². The fourth-order valence-electron chi connectivity index (χ4n) is 3.86. The molecular formula is C24H25N5OS. The highest BCUT2D eigenvalue weighted by Crippen LogP contribution is 2.27. The fraction of sp³-hybridized carbons (Fsp3) is 0.292. The molecule has 0 spiro atoms. The van der Waals surface area contributed by atoms with Crippen LogP contribution in [0.25, 0.3) is 5.69 Å². The first kappa shape index (κ1) is 21.0. The summed E-state index contributed by atoms with van der Waals surface area (Å²) in [5.74, 6) is 0.761. The highest BCUT2D eigenvalue weighted by molar-refractivity contribution is 8.00. The summed E-state index contributed by atoms with van der Waals surface area (Å²) in [5.41, 5.74) is 10.9. The van der Waals surface area contributed by atoms with Crippen molar-refractivity contribution in [2.45, 2.75) is 37.0 Å². The van der Waals surface area contributed by atoms with E-state index in [9.17, 15) is 10.1 Å². The molecule has 4 rings (SSSR count). The summed E-state index contributed by atoms with van der Waals surface area (Å²) < 4.78 is 1.60. The maximum atomic E-state index is 12.2. The lowest BCUT2D eigenvalue weighted by molar-refractivity contribution is -0.118. The number of nitriles is 1. The molecular weight excluding hydrogens is 406 g/mol. The van der Waals surface area contributed by atoms with Gasteiger partial charge < -0.3 is 11.1 Å². The van der Waals surface area contributed by atoms with Crippen molar-refractivity contribution in [3.63, 3.8) is 0 Å². The lowest BCUT2D eigenvalue weighted by atomic mass is 10.1. The smallest absolute Gasteiger partial charge is 0.230 e. The number of benzene rings is 2. The molecule has 1 aromatic heterocycles. The Bertz CT molecular complexity index is 1120. The summed E-state index contributed by atoms with van der Waals surface area (Å²) in [6.45, 7) is 0.534. The molecule has 3 aromatic rings. The van der Waals surface area contributed by atoms with Crippen molar-refractivity contribution in [1.82, 2.24) is 15.1 Å². The molecule has 0 fully saturated rings. The van der Waals surface area contributed by atoms with E-state index in [-0.39, 0.29) is 5.91 Å². The largest absolute Gasteiger partial charge is 0.382 e. The third kappa shape index (κ3) is 4.92. The molecule has 3 N–H and O–H groups in total. The van der Waals surface area contributed by atoms with Crippen molar-refractivity contribution in [3.8, 4) is 11.8 Å². The highest BCUT2D eigenvalue weighted by Gasteiger charge is 2.16. The van der Waals surface area contributed by atoms with Crippen LogP contribution in [-0.4, -0.2) is 28.0 Å². The van der Waals surface area contributed by atoms with E-state index >= 15 is 0 Å². The van der Waals surface area contributed by atoms with Crippen LogP contribution >= 0.6 is 11.8 Å². The molecule has 0 saturated carbocycles. The molecule has 7 heteroatoms. The molecule has 0 radical (unpaired) electrons. The summed E-state index contributed by atoms with van der Waals surface area (Å²) in [4.78, 5) is 13.4. The standard InChI is InChI=1S/C24H25N5OS/c25-15-21-22(28-29(24(21)26)19-8-2-1-3-9-19)10-5-13-27-23(30)16-31-20-12-11-17-6-4-7-18(17)14-20/h1-3,8-9,11-12,14H,4-7,10,13,16,26H2,(H,27,30). The SMILES string of the molecule is N#Cc1c(CCCNC(=O)CSc2ccc3c(c2)CCC3)nn(-c2ccccc2)c1N. The van der Waals surface area contributed by atoms with Gasteiger partial charge >= 0.3 is 0 Å². The van der Waals surface area contributed by atoms with E-state index in [1.54, 1.807) is 16.4 Å². The van der Waals surface area contributed by atoms with Crippen molar-refractivity contribution in [3.05, 3.63) is 70.9 Å². The van der Waals surface area contributed by atoms with Crippen LogP contribution in [0.15, 0.2) is 53.4 Å². The maximum absolute atomic E-state index is 12.2. The Morgan fingerprint density at radius 3 is 2.81 bits per heavy atom. The molecule has 2 aromatic carbocycles. The summed E-state index contributed by atoms with van der Waals surface area (Å²) in [6, 6.07) is 18.2. The van der Waals surface area contributed by atoms with Gasteiger partial charge in [0.2, 0.25) is 5.91 Å². The minimum absolute atomic E-state index is 0.0142. The third-order valence-corrected chi connectivity index (χ3v) is 6.45. The first-order valence-corrected chi connectivity index (χ1v) is 11.5. The minimum Gasteiger partial charge on any atom is -0.382 e. The molecule has 0 bridgehead atoms. The average Bonchev–Trinajstić information content (AvgIpc) is 3.39. The second-order valence-electron chi connectivity index (χ2n) is 7.59. The lowest BCUT2D eigenvalue weighted by Gasteiger charge is -2.06. The van der Waals surface area contributed by atoms with Crippen LogP contribution in [0.5, 0.6) is 0 Å². The quantitative estimate of drug-likeness (QED) is 0.419. The third-order valence-electron chi connectivity index (χ3n) is 5.46. The Hall–Kier alpha value is -3.24. The van der Waals surface area contributed by atoms with Gasteiger partial charge in [-0.1, -0.05) is 24.3 Å². The number of carbonyl (C=O) groups excluding carboxylic acids is 1. The molecule has 0 atom stereocenters. The number of nitrogens with one attached hydrogen (secondary N) is 1. The normalized spacial score (nSPS) is 12.4. The van der Waals surface area contributed by atoms with Gasteiger partial charge in [0.05, 0.1) is 17.1 Å². The Kier molecular flexibility index (Phi) is 6.58. The van der Waals surface area contributed by atoms with Crippen LogP contribution in [0.2, 0.25) is 0 Å². The first-order chi connectivity index (χ1) is 15.2. The van der Waals surface area contributed by atoms with Crippen molar-refractivity contribution in [1.29, 1.82) is 5.26 Å². The van der Waals surface area contributed by atoms with E-state index in [1.807, 2.05) is 30.3 Å². The topological polar surface area (TPSA) is 96.7 Å². The number of anilines is 1. The summed E-state index contributed by atoms with van der Waals surface area (Å²) in [6.07, 6.45) is 4.81. The average molecular weight is 432 g/mol. The molecule has 6 nitrogen and oxygen atoms in total. The van der Waals surface area contributed by atoms with Crippen molar-refractivity contribution in [2.24, 2.45) is 0 Å². The van der Waals surface area contributed by atoms with E-state index in [0.717, 1.165) is 17.0 Å². The van der Waals surface area contributed by atoms with E-state index in [2.05, 4.69) is 34.7 Å². The molecule has 1 amide bonds. The van der Waals surface area contributed by atoms with Crippen molar-refractivity contribution >= 4 is 23.5 Å². The zero-order valence-corrected chi connectivity index (χ0v) is 18.1. The number of thioether (sulfide) groups is 1. The second kappa shape index (κ2) is 9.71. The maximum Gasteiger partial charge on any atom is 0.230 e. The number of aromatic nitrogens is 2. The van der Waals surface area contributed by atoms with E-state index in [4.69, 9.17) is 5.73 Å². The molecule has 0 saturated heterocycles. The number of carbonyl (C=O) groups is 1. The van der Waals surface area contributed by atoms with Gasteiger partial charge in [-0.3, -0.25) is 4.79 Å². The van der Waals surface area contributed by atoms with Gasteiger partial charge in [0.25, 0.3) is 0 Å². The monoisotopic (exact) mass is 431 g/mol. The lowest BCUT2D eigenvalue weighted by Crippen LogP contribution is -2.26. The Labute approximate surface area is 186 Å². The van der Waals surface area contributed by atoms with Crippen LogP contribution < -0.4 is 11.1 Å². The molecule has 158 valence electrons. The van der Waals surface area contributed by atoms with E-state index < -0.39 is 0 Å². The number of hydrogen-bond acceptors (Lipinski definition) is 5. The Morgan fingerprint density at radius 1 is 1.19 bits per heavy atom. The minimum atomic E-state index is 0.0142. The summed E-state index contributed by atoms with van der Waals surface area (Å²) in [5, 5.41) is 17.0. The molecule has 0 aliphatic heterocycles. The van der Waals surface area contributed by atoms with Gasteiger partial charge in [0, 0.05) is 11.4 Å². The predicted molar refractivity (Wildman–Crippen MR) is 123 cm³/mol. The molecule has 0 unspecified atom stereocenters. The highest BCUT2D eigenvalue weighted by atomic mass is 32.2. The molecule has 1 heterocycles. The van der Waals surface area contributed by atoms with Gasteiger partial charge in [-0.25, -0.2) is 4.68 Å². The Balaban J connectivity index is 1.26. The summed E-state index contributed by atoms with van der Waals surface area (Å²) in [7, 11) is 0. The molecule has 31 heavy (non-hydrogen) atoms. The number of amides is 1. The number of hydrogen-bond donors (Lipinski definition) is 2. The predicted octanol–water partition coefficient (Wildman–Crippen LogP) is 3.66. The van der Waals surface area contributed by atoms with Gasteiger partial charge in [-0.05, 0) is 67.5 Å². The number of fused-ring (bicyclic) bond motifs is 1. The van der Waals surface area contributed by atoms with Gasteiger partial charge in [-0.2, -0.15) is 10.4 Å². The second-order valence-corrected chi connectivity index (χ2v) is 8.64. The number of aryl methyl sites for hydroxylation is 3. The molecule has 1 aliphatic carbocycles. The number of nitrogens with zero attached hydrogens (tertiary/aromatic N) is 3. The number of nitrogen functional groups attached to an aromatic ring is 1. The zero-order chi connectivity index (χ0) is 21.6. The summed E-state index contributed by atoms with van der Waals surface area (Å²) >= 11 is 1.57.